The van der Waals surface area contributed by atoms with Crippen LogP contribution in [0.2, 0.25) is 0 Å². The van der Waals surface area contributed by atoms with E-state index in [2.05, 4.69) is 10.1 Å². The first kappa shape index (κ1) is 50.7. The van der Waals surface area contributed by atoms with Crippen LogP contribution in [0.5, 0.6) is 0 Å². The van der Waals surface area contributed by atoms with E-state index >= 15 is 4.39 Å². The van der Waals surface area contributed by atoms with E-state index in [0.717, 1.165) is 11.1 Å². The van der Waals surface area contributed by atoms with Crippen LogP contribution >= 0.6 is 0 Å². The second-order valence-corrected chi connectivity index (χ2v) is 16.1. The Morgan fingerprint density at radius 1 is 0.582 bits per heavy atom. The van der Waals surface area contributed by atoms with Crippen molar-refractivity contribution in [3.8, 4) is 34.0 Å². The average Bonchev–Trinajstić information content (AvgIpc) is 3.74. The van der Waals surface area contributed by atoms with Gasteiger partial charge in [-0.15, -0.1) is 0 Å². The quantitative estimate of drug-likeness (QED) is 0.0416. The fourth-order valence-corrected chi connectivity index (χ4v) is 6.30. The average molecular weight is 938 g/mol. The molecule has 0 amide bonds. The number of hydrogen-bond donors (Lipinski definition) is 0. The number of rotatable bonds is 17. The van der Waals surface area contributed by atoms with Crippen LogP contribution in [0.4, 0.5) is 23.6 Å². The standard InChI is InChI=1S/C46H52FN3O17/c1-26(2)57-40(53)63-44(64-41(54)58-27(3)4)61-38(51)46(39(52)62-45(65-42(55)59-28(5)6)66-43(56)60-29(7)8)20-22-50(23-21-46)25-30-14-16-32(17-15-30)36-48-37(67-49-36)33-18-19-34(35(47)24-33)31-12-10-9-11-13-31/h9-19,24,26-29,44-45H,20-23,25H2,1-8H3. The summed E-state index contributed by atoms with van der Waals surface area (Å²) in [6.45, 7) is 7.49. The van der Waals surface area contributed by atoms with Crippen LogP contribution in [0.3, 0.4) is 0 Å². The van der Waals surface area contributed by atoms with Crippen LogP contribution in [0.25, 0.3) is 34.0 Å². The molecular formula is C46H52FN3O17. The number of piperidine rings is 1. The van der Waals surface area contributed by atoms with E-state index in [4.69, 9.17) is 51.9 Å². The summed E-state index contributed by atoms with van der Waals surface area (Å²) >= 11 is 0. The predicted molar refractivity (Wildman–Crippen MR) is 228 cm³/mol. The summed E-state index contributed by atoms with van der Waals surface area (Å²) < 4.78 is 70.8. The van der Waals surface area contributed by atoms with E-state index in [0.29, 0.717) is 23.2 Å². The number of carbonyl (C=O) groups is 6. The van der Waals surface area contributed by atoms with Gasteiger partial charge >= 0.3 is 49.5 Å². The first-order valence-electron chi connectivity index (χ1n) is 21.2. The highest BCUT2D eigenvalue weighted by Crippen LogP contribution is 2.37. The number of ether oxygens (including phenoxy) is 10. The fourth-order valence-electron chi connectivity index (χ4n) is 6.30. The van der Waals surface area contributed by atoms with E-state index in [1.807, 2.05) is 47.4 Å². The van der Waals surface area contributed by atoms with Gasteiger partial charge in [0, 0.05) is 36.3 Å². The zero-order valence-corrected chi connectivity index (χ0v) is 38.1. The number of likely N-dealkylation sites (tertiary alicyclic amines) is 1. The van der Waals surface area contributed by atoms with Crippen molar-refractivity contribution in [2.24, 2.45) is 5.41 Å². The molecule has 0 spiro atoms. The van der Waals surface area contributed by atoms with Crippen LogP contribution in [0.1, 0.15) is 73.8 Å². The van der Waals surface area contributed by atoms with Gasteiger partial charge in [-0.2, -0.15) is 4.98 Å². The molecule has 0 aliphatic carbocycles. The van der Waals surface area contributed by atoms with Crippen molar-refractivity contribution in [3.05, 3.63) is 84.2 Å². The summed E-state index contributed by atoms with van der Waals surface area (Å²) in [4.78, 5) is 84.7. The Morgan fingerprint density at radius 3 is 1.46 bits per heavy atom. The summed E-state index contributed by atoms with van der Waals surface area (Å²) in [5.74, 6) is -2.89. The first-order chi connectivity index (χ1) is 31.8. The highest BCUT2D eigenvalue weighted by Gasteiger charge is 2.53. The molecule has 67 heavy (non-hydrogen) atoms. The predicted octanol–water partition coefficient (Wildman–Crippen LogP) is 8.69. The van der Waals surface area contributed by atoms with Crippen molar-refractivity contribution in [2.75, 3.05) is 13.1 Å². The lowest BCUT2D eigenvalue weighted by atomic mass is 9.78. The van der Waals surface area contributed by atoms with Gasteiger partial charge < -0.3 is 51.9 Å². The van der Waals surface area contributed by atoms with Crippen LogP contribution in [-0.4, -0.2) is 102 Å². The van der Waals surface area contributed by atoms with E-state index in [9.17, 15) is 28.8 Å². The second kappa shape index (κ2) is 23.2. The van der Waals surface area contributed by atoms with Crippen molar-refractivity contribution < 1.29 is 85.0 Å². The summed E-state index contributed by atoms with van der Waals surface area (Å²) in [5, 5.41) is 4.08. The molecule has 0 atom stereocenters. The SMILES string of the molecule is CC(C)OC(=O)OC(OC(=O)OC(C)C)OC(=O)C1(C(=O)OC(OC(=O)OC(C)C)OC(=O)OC(C)C)CCN(Cc2ccc(-c3noc(-c4ccc(-c5ccccc5)c(F)c4)n3)cc2)CC1. The highest BCUT2D eigenvalue weighted by atomic mass is 19.1. The minimum absolute atomic E-state index is 0.0219. The molecule has 0 bridgehead atoms. The van der Waals surface area contributed by atoms with E-state index in [-0.39, 0.29) is 37.6 Å². The van der Waals surface area contributed by atoms with Gasteiger partial charge in [-0.05, 0) is 91.5 Å². The second-order valence-electron chi connectivity index (χ2n) is 16.1. The smallest absolute Gasteiger partial charge is 0.431 e. The first-order valence-corrected chi connectivity index (χ1v) is 21.2. The van der Waals surface area contributed by atoms with Crippen molar-refractivity contribution in [1.29, 1.82) is 0 Å². The molecule has 5 rings (SSSR count). The molecule has 0 unspecified atom stereocenters. The molecule has 20 nitrogen and oxygen atoms in total. The lowest BCUT2D eigenvalue weighted by Gasteiger charge is -2.38. The van der Waals surface area contributed by atoms with Gasteiger partial charge in [0.15, 0.2) is 5.41 Å². The molecule has 0 radical (unpaired) electrons. The van der Waals surface area contributed by atoms with E-state index in [1.165, 1.54) is 61.5 Å². The number of nitrogens with zero attached hydrogens (tertiary/aromatic N) is 3. The van der Waals surface area contributed by atoms with Gasteiger partial charge in [-0.1, -0.05) is 65.8 Å². The number of halogens is 1. The summed E-state index contributed by atoms with van der Waals surface area (Å²) in [6.07, 6.45) is -9.12. The van der Waals surface area contributed by atoms with Crippen molar-refractivity contribution in [3.63, 3.8) is 0 Å². The van der Waals surface area contributed by atoms with Crippen LogP contribution < -0.4 is 0 Å². The lowest BCUT2D eigenvalue weighted by molar-refractivity contribution is -0.260. The molecule has 360 valence electrons. The molecule has 4 aromatic rings. The van der Waals surface area contributed by atoms with Gasteiger partial charge in [-0.25, -0.2) is 23.6 Å². The number of aromatic nitrogens is 2. The van der Waals surface area contributed by atoms with Crippen LogP contribution in [-0.2, 0) is 63.5 Å². The molecular weight excluding hydrogens is 886 g/mol. The summed E-state index contributed by atoms with van der Waals surface area (Å²) in [6, 6.07) is 20.9. The third-order valence-electron chi connectivity index (χ3n) is 9.34. The van der Waals surface area contributed by atoms with Crippen LogP contribution in [0.15, 0.2) is 77.3 Å². The largest absolute Gasteiger partial charge is 0.514 e. The van der Waals surface area contributed by atoms with Gasteiger partial charge in [0.2, 0.25) is 5.82 Å². The molecule has 0 N–H and O–H groups in total. The van der Waals surface area contributed by atoms with Crippen molar-refractivity contribution in [2.45, 2.75) is 112 Å². The van der Waals surface area contributed by atoms with E-state index in [1.54, 1.807) is 24.3 Å². The normalized spacial score (nSPS) is 13.6. The molecule has 21 heteroatoms. The maximum absolute atomic E-state index is 15.1. The molecule has 0 saturated carbocycles. The Hall–Kier alpha value is -7.29. The highest BCUT2D eigenvalue weighted by molar-refractivity contribution is 6.00. The van der Waals surface area contributed by atoms with Gasteiger partial charge in [-0.3, -0.25) is 14.5 Å². The lowest BCUT2D eigenvalue weighted by Crippen LogP contribution is -2.52. The van der Waals surface area contributed by atoms with E-state index < -0.39 is 85.2 Å². The minimum Gasteiger partial charge on any atom is -0.431 e. The Labute approximate surface area is 384 Å². The molecule has 1 saturated heterocycles. The van der Waals surface area contributed by atoms with Gasteiger partial charge in [0.05, 0.1) is 24.4 Å². The van der Waals surface area contributed by atoms with Crippen LogP contribution in [0, 0.1) is 11.2 Å². The molecule has 1 aromatic heterocycles. The zero-order valence-electron chi connectivity index (χ0n) is 38.1. The maximum atomic E-state index is 15.1. The fraction of sp³-hybridized carbons (Fsp3) is 0.435. The van der Waals surface area contributed by atoms with Gasteiger partial charge in [0.25, 0.3) is 5.89 Å². The number of benzene rings is 3. The topological polar surface area (TPSA) is 237 Å². The maximum Gasteiger partial charge on any atom is 0.514 e. The zero-order chi connectivity index (χ0) is 48.8. The number of hydrogen-bond acceptors (Lipinski definition) is 20. The Balaban J connectivity index is 1.33. The minimum atomic E-state index is -2.42. The molecule has 1 aliphatic heterocycles. The third kappa shape index (κ3) is 14.9. The molecule has 1 aliphatic rings. The molecule has 1 fully saturated rings. The van der Waals surface area contributed by atoms with Crippen molar-refractivity contribution >= 4 is 36.6 Å². The summed E-state index contributed by atoms with van der Waals surface area (Å²) in [7, 11) is 0. The molecule has 3 aromatic carbocycles. The third-order valence-corrected chi connectivity index (χ3v) is 9.34. The Bertz CT molecular complexity index is 2210. The molecule has 2 heterocycles. The Morgan fingerprint density at radius 2 is 1.03 bits per heavy atom. The van der Waals surface area contributed by atoms with Gasteiger partial charge in [0.1, 0.15) is 5.82 Å². The number of carbonyl (C=O) groups excluding carboxylic acids is 6. The number of esters is 2. The van der Waals surface area contributed by atoms with Crippen molar-refractivity contribution in [1.82, 2.24) is 15.0 Å². The summed E-state index contributed by atoms with van der Waals surface area (Å²) in [5.41, 5.74) is 0.654. The Kier molecular flexibility index (Phi) is 17.6. The monoisotopic (exact) mass is 937 g/mol.